The lowest BCUT2D eigenvalue weighted by molar-refractivity contribution is 0.421. The number of aryl methyl sites for hydroxylation is 3. The van der Waals surface area contributed by atoms with Crippen molar-refractivity contribution in [3.63, 3.8) is 0 Å². The van der Waals surface area contributed by atoms with E-state index in [1.54, 1.807) is 0 Å². The Labute approximate surface area is 211 Å². The highest BCUT2D eigenvalue weighted by Crippen LogP contribution is 2.36. The molecule has 8 nitrogen and oxygen atoms in total. The molecule has 1 aliphatic carbocycles. The van der Waals surface area contributed by atoms with E-state index in [9.17, 15) is 0 Å². The minimum absolute atomic E-state index is 0.376. The number of amidine groups is 1. The summed E-state index contributed by atoms with van der Waals surface area (Å²) in [6.45, 7) is 1.63. The number of hydrogen-bond acceptors (Lipinski definition) is 6. The number of benzene rings is 2. The molecular weight excluding hydrogens is 448 g/mol. The SMILES string of the molecule is CN(C)CCN=CCC(N)=Nc1ncc2c(n1)-c1c(nn(C)c1Cc1cccc3ccccc13)CC2. The Balaban J connectivity index is 1.45. The predicted octanol–water partition coefficient (Wildman–Crippen LogP) is 3.73. The topological polar surface area (TPSA) is 97.6 Å². The van der Waals surface area contributed by atoms with Crippen LogP contribution in [-0.2, 0) is 26.3 Å². The maximum Gasteiger partial charge on any atom is 0.251 e. The maximum absolute atomic E-state index is 6.16. The molecule has 1 aliphatic rings. The van der Waals surface area contributed by atoms with Gasteiger partial charge in [-0.1, -0.05) is 42.5 Å². The highest BCUT2D eigenvalue weighted by atomic mass is 15.3. The second-order valence-corrected chi connectivity index (χ2v) is 9.45. The van der Waals surface area contributed by atoms with Crippen LogP contribution in [-0.4, -0.2) is 63.9 Å². The Morgan fingerprint density at radius 2 is 1.97 bits per heavy atom. The molecule has 2 N–H and O–H groups in total. The molecule has 4 aromatic rings. The Bertz CT molecular complexity index is 1440. The molecule has 0 atom stereocenters. The summed E-state index contributed by atoms with van der Waals surface area (Å²) in [7, 11) is 6.08. The van der Waals surface area contributed by atoms with E-state index in [1.807, 2.05) is 38.2 Å². The number of likely N-dealkylation sites (N-methyl/N-ethyl adjacent to an activating group) is 1. The largest absolute Gasteiger partial charge is 0.387 e. The number of fused-ring (bicyclic) bond motifs is 4. The second-order valence-electron chi connectivity index (χ2n) is 9.45. The van der Waals surface area contributed by atoms with Crippen LogP contribution in [0.4, 0.5) is 5.95 Å². The van der Waals surface area contributed by atoms with Gasteiger partial charge in [-0.05, 0) is 48.8 Å². The minimum atomic E-state index is 0.376. The fraction of sp³-hybridized carbons (Fsp3) is 0.321. The van der Waals surface area contributed by atoms with E-state index in [2.05, 4.69) is 62.3 Å². The predicted molar refractivity (Wildman–Crippen MR) is 146 cm³/mol. The molecule has 0 amide bonds. The Morgan fingerprint density at radius 3 is 2.83 bits per heavy atom. The first-order valence-electron chi connectivity index (χ1n) is 12.3. The van der Waals surface area contributed by atoms with E-state index in [0.717, 1.165) is 60.6 Å². The first-order valence-corrected chi connectivity index (χ1v) is 12.3. The third-order valence-corrected chi connectivity index (χ3v) is 6.55. The fourth-order valence-electron chi connectivity index (χ4n) is 4.68. The summed E-state index contributed by atoms with van der Waals surface area (Å²) < 4.78 is 2.01. The van der Waals surface area contributed by atoms with Gasteiger partial charge in [0, 0.05) is 44.4 Å². The summed E-state index contributed by atoms with van der Waals surface area (Å²) >= 11 is 0. The van der Waals surface area contributed by atoms with Crippen molar-refractivity contribution in [2.45, 2.75) is 25.7 Å². The van der Waals surface area contributed by atoms with Gasteiger partial charge in [0.25, 0.3) is 5.95 Å². The zero-order chi connectivity index (χ0) is 25.1. The summed E-state index contributed by atoms with van der Waals surface area (Å²) in [5, 5.41) is 7.37. The Morgan fingerprint density at radius 1 is 1.14 bits per heavy atom. The fourth-order valence-corrected chi connectivity index (χ4v) is 4.68. The lowest BCUT2D eigenvalue weighted by Gasteiger charge is -2.16. The van der Waals surface area contributed by atoms with Gasteiger partial charge in [0.2, 0.25) is 0 Å². The van der Waals surface area contributed by atoms with Crippen LogP contribution >= 0.6 is 0 Å². The maximum atomic E-state index is 6.16. The van der Waals surface area contributed by atoms with Crippen molar-refractivity contribution >= 4 is 28.8 Å². The highest BCUT2D eigenvalue weighted by Gasteiger charge is 2.26. The zero-order valence-electron chi connectivity index (χ0n) is 21.1. The molecule has 2 aromatic carbocycles. The van der Waals surface area contributed by atoms with Gasteiger partial charge < -0.3 is 10.6 Å². The van der Waals surface area contributed by atoms with E-state index in [-0.39, 0.29) is 0 Å². The van der Waals surface area contributed by atoms with E-state index in [1.165, 1.54) is 16.3 Å². The van der Waals surface area contributed by atoms with E-state index in [0.29, 0.717) is 18.2 Å². The monoisotopic (exact) mass is 480 g/mol. The number of hydrogen-bond donors (Lipinski definition) is 1. The van der Waals surface area contributed by atoms with Gasteiger partial charge in [-0.2, -0.15) is 10.1 Å². The molecule has 0 radical (unpaired) electrons. The molecule has 0 saturated carbocycles. The molecule has 0 spiro atoms. The lowest BCUT2D eigenvalue weighted by Crippen LogP contribution is -2.16. The average Bonchev–Trinajstić information content (AvgIpc) is 3.19. The van der Waals surface area contributed by atoms with Crippen LogP contribution in [0.2, 0.25) is 0 Å². The standard InChI is InChI=1S/C28H32N8/c1-35(2)16-15-30-14-13-25(29)32-28-31-18-21-11-12-23-26(27(21)33-28)24(36(3)34-23)17-20-9-6-8-19-7-4-5-10-22(19)20/h4-10,14,18H,11-13,15-17H2,1-3H3,(H2,29,31,32,33). The zero-order valence-corrected chi connectivity index (χ0v) is 21.1. The van der Waals surface area contributed by atoms with Gasteiger partial charge in [0.15, 0.2) is 0 Å². The van der Waals surface area contributed by atoms with Crippen LogP contribution in [0.15, 0.2) is 58.6 Å². The third-order valence-electron chi connectivity index (χ3n) is 6.55. The molecular formula is C28H32N8. The highest BCUT2D eigenvalue weighted by molar-refractivity contribution is 5.93. The number of aliphatic imine (C=N–C) groups is 2. The molecule has 0 unspecified atom stereocenters. The van der Waals surface area contributed by atoms with Crippen molar-refractivity contribution in [1.29, 1.82) is 0 Å². The molecule has 36 heavy (non-hydrogen) atoms. The molecule has 8 heteroatoms. The second kappa shape index (κ2) is 10.4. The number of rotatable bonds is 8. The molecule has 5 rings (SSSR count). The first-order chi connectivity index (χ1) is 17.5. The Kier molecular flexibility index (Phi) is 6.86. The van der Waals surface area contributed by atoms with Gasteiger partial charge in [-0.25, -0.2) is 9.97 Å². The molecule has 0 bridgehead atoms. The molecule has 184 valence electrons. The van der Waals surface area contributed by atoms with Crippen LogP contribution in [0, 0.1) is 0 Å². The molecule has 0 aliphatic heterocycles. The third kappa shape index (κ3) is 5.04. The minimum Gasteiger partial charge on any atom is -0.387 e. The van der Waals surface area contributed by atoms with Crippen molar-refractivity contribution in [2.75, 3.05) is 27.2 Å². The van der Waals surface area contributed by atoms with Gasteiger partial charge in [-0.15, -0.1) is 0 Å². The molecule has 2 aromatic heterocycles. The smallest absolute Gasteiger partial charge is 0.251 e. The number of aromatic nitrogens is 4. The molecule has 0 fully saturated rings. The average molecular weight is 481 g/mol. The summed E-state index contributed by atoms with van der Waals surface area (Å²) in [6.07, 6.45) is 6.68. The van der Waals surface area contributed by atoms with Gasteiger partial charge in [0.1, 0.15) is 5.84 Å². The van der Waals surface area contributed by atoms with E-state index >= 15 is 0 Å². The normalized spacial score (nSPS) is 13.5. The van der Waals surface area contributed by atoms with Crippen molar-refractivity contribution in [2.24, 2.45) is 22.8 Å². The molecule has 2 heterocycles. The summed E-state index contributed by atoms with van der Waals surface area (Å²) in [5.74, 6) is 0.822. The van der Waals surface area contributed by atoms with Crippen LogP contribution in [0.3, 0.4) is 0 Å². The summed E-state index contributed by atoms with van der Waals surface area (Å²) in [5.41, 5.74) is 12.8. The number of nitrogens with two attached hydrogens (primary N) is 1. The Hall–Kier alpha value is -3.91. The van der Waals surface area contributed by atoms with Crippen molar-refractivity contribution in [1.82, 2.24) is 24.6 Å². The van der Waals surface area contributed by atoms with Gasteiger partial charge in [-0.3, -0.25) is 9.67 Å². The quantitative estimate of drug-likeness (QED) is 0.306. The van der Waals surface area contributed by atoms with E-state index in [4.69, 9.17) is 15.8 Å². The van der Waals surface area contributed by atoms with Gasteiger partial charge in [0.05, 0.1) is 23.6 Å². The van der Waals surface area contributed by atoms with Crippen LogP contribution in [0.1, 0.15) is 28.9 Å². The molecule has 0 saturated heterocycles. The summed E-state index contributed by atoms with van der Waals surface area (Å²) in [6, 6.07) is 15.0. The van der Waals surface area contributed by atoms with Crippen LogP contribution in [0.5, 0.6) is 0 Å². The first kappa shape index (κ1) is 23.8. The number of nitrogens with zero attached hydrogens (tertiary/aromatic N) is 7. The van der Waals surface area contributed by atoms with Crippen molar-refractivity contribution in [3.05, 3.63) is 71.2 Å². The lowest BCUT2D eigenvalue weighted by atomic mass is 9.91. The van der Waals surface area contributed by atoms with Crippen LogP contribution < -0.4 is 5.73 Å². The van der Waals surface area contributed by atoms with E-state index < -0.39 is 0 Å². The van der Waals surface area contributed by atoms with Crippen molar-refractivity contribution in [3.8, 4) is 11.3 Å². The summed E-state index contributed by atoms with van der Waals surface area (Å²) in [4.78, 5) is 20.3. The van der Waals surface area contributed by atoms with Crippen molar-refractivity contribution < 1.29 is 0 Å². The van der Waals surface area contributed by atoms with Crippen LogP contribution in [0.25, 0.3) is 22.0 Å². The van der Waals surface area contributed by atoms with Gasteiger partial charge >= 0.3 is 0 Å².